The highest BCUT2D eigenvalue weighted by Gasteiger charge is 2.06. The number of hydrogen-bond donors (Lipinski definition) is 2. The van der Waals surface area contributed by atoms with Crippen molar-refractivity contribution in [1.29, 1.82) is 0 Å². The summed E-state index contributed by atoms with van der Waals surface area (Å²) < 4.78 is 26.7. The molecule has 0 aliphatic rings. The second-order valence-electron chi connectivity index (χ2n) is 6.23. The van der Waals surface area contributed by atoms with E-state index in [-0.39, 0.29) is 0 Å². The molecule has 0 aliphatic heterocycles. The predicted octanol–water partition coefficient (Wildman–Crippen LogP) is 2.84. The van der Waals surface area contributed by atoms with Crippen molar-refractivity contribution in [2.45, 2.75) is 0 Å². The average Bonchev–Trinajstić information content (AvgIpc) is 3.23. The van der Waals surface area contributed by atoms with E-state index >= 15 is 0 Å². The van der Waals surface area contributed by atoms with Gasteiger partial charge < -0.3 is 5.32 Å². The fourth-order valence-electron chi connectivity index (χ4n) is 2.67. The number of sulfonamides is 1. The standard InChI is InChI=1S/C19H17N7O2S/c1-29(27,28)25-16-4-2-14(3-5-16)18-10-11-21-19(24-18)23-15-6-8-17(9-7-15)26-13-20-12-22-26/h2-13,25H,1H3,(H,21,23,24). The first kappa shape index (κ1) is 18.6. The molecule has 0 saturated carbocycles. The maximum absolute atomic E-state index is 11.3. The first-order valence-electron chi connectivity index (χ1n) is 8.60. The molecule has 9 nitrogen and oxygen atoms in total. The first-order valence-corrected chi connectivity index (χ1v) is 10.5. The number of anilines is 3. The molecule has 29 heavy (non-hydrogen) atoms. The van der Waals surface area contributed by atoms with E-state index < -0.39 is 10.0 Å². The summed E-state index contributed by atoms with van der Waals surface area (Å²) >= 11 is 0. The Bertz CT molecular complexity index is 1210. The Morgan fingerprint density at radius 2 is 1.66 bits per heavy atom. The minimum absolute atomic E-state index is 0.453. The maximum Gasteiger partial charge on any atom is 0.229 e. The minimum atomic E-state index is -3.31. The molecular weight excluding hydrogens is 390 g/mol. The lowest BCUT2D eigenvalue weighted by Gasteiger charge is -2.08. The van der Waals surface area contributed by atoms with Crippen molar-refractivity contribution in [3.05, 3.63) is 73.4 Å². The smallest absolute Gasteiger partial charge is 0.229 e. The fraction of sp³-hybridized carbons (Fsp3) is 0.0526. The fourth-order valence-corrected chi connectivity index (χ4v) is 3.24. The van der Waals surface area contributed by atoms with Gasteiger partial charge in [0.1, 0.15) is 12.7 Å². The molecule has 0 atom stereocenters. The Labute approximate surface area is 167 Å². The van der Waals surface area contributed by atoms with E-state index in [1.54, 1.807) is 47.5 Å². The molecule has 0 aliphatic carbocycles. The van der Waals surface area contributed by atoms with E-state index in [9.17, 15) is 8.42 Å². The number of nitrogens with zero attached hydrogens (tertiary/aromatic N) is 5. The van der Waals surface area contributed by atoms with Gasteiger partial charge in [-0.15, -0.1) is 0 Å². The van der Waals surface area contributed by atoms with Crippen molar-refractivity contribution in [2.24, 2.45) is 0 Å². The summed E-state index contributed by atoms with van der Waals surface area (Å²) in [6.45, 7) is 0. The monoisotopic (exact) mass is 407 g/mol. The van der Waals surface area contributed by atoms with Crippen molar-refractivity contribution in [3.63, 3.8) is 0 Å². The third-order valence-electron chi connectivity index (χ3n) is 3.95. The van der Waals surface area contributed by atoms with Gasteiger partial charge in [-0.2, -0.15) is 5.10 Å². The molecule has 0 amide bonds. The van der Waals surface area contributed by atoms with Gasteiger partial charge in [0.15, 0.2) is 0 Å². The van der Waals surface area contributed by atoms with Gasteiger partial charge in [-0.3, -0.25) is 4.72 Å². The van der Waals surface area contributed by atoms with E-state index in [2.05, 4.69) is 30.1 Å². The number of nitrogens with one attached hydrogen (secondary N) is 2. The van der Waals surface area contributed by atoms with E-state index in [1.165, 1.54) is 6.33 Å². The molecule has 2 aromatic carbocycles. The lowest BCUT2D eigenvalue weighted by Crippen LogP contribution is -2.09. The lowest BCUT2D eigenvalue weighted by molar-refractivity contribution is 0.607. The molecule has 0 unspecified atom stereocenters. The van der Waals surface area contributed by atoms with Crippen LogP contribution in [0.3, 0.4) is 0 Å². The zero-order valence-corrected chi connectivity index (χ0v) is 16.2. The Balaban J connectivity index is 1.50. The normalized spacial score (nSPS) is 11.2. The van der Waals surface area contributed by atoms with Crippen LogP contribution in [0, 0.1) is 0 Å². The van der Waals surface area contributed by atoms with Crippen molar-refractivity contribution in [1.82, 2.24) is 24.7 Å². The summed E-state index contributed by atoms with van der Waals surface area (Å²) in [6, 6.07) is 16.4. The van der Waals surface area contributed by atoms with Crippen LogP contribution in [0.4, 0.5) is 17.3 Å². The molecule has 2 aromatic heterocycles. The van der Waals surface area contributed by atoms with Gasteiger partial charge in [-0.25, -0.2) is 28.1 Å². The number of rotatable bonds is 6. The van der Waals surface area contributed by atoms with Crippen LogP contribution in [-0.4, -0.2) is 39.4 Å². The van der Waals surface area contributed by atoms with E-state index in [0.717, 1.165) is 23.2 Å². The van der Waals surface area contributed by atoms with E-state index in [0.29, 0.717) is 17.3 Å². The highest BCUT2D eigenvalue weighted by atomic mass is 32.2. The quantitative estimate of drug-likeness (QED) is 0.505. The number of hydrogen-bond acceptors (Lipinski definition) is 7. The summed E-state index contributed by atoms with van der Waals surface area (Å²) in [5.74, 6) is 0.453. The Hall–Kier alpha value is -3.79. The zero-order chi connectivity index (χ0) is 20.3. The van der Waals surface area contributed by atoms with Crippen molar-refractivity contribution in [3.8, 4) is 16.9 Å². The topological polar surface area (TPSA) is 115 Å². The molecule has 0 fully saturated rings. The Morgan fingerprint density at radius 1 is 0.931 bits per heavy atom. The second kappa shape index (κ2) is 7.68. The van der Waals surface area contributed by atoms with E-state index in [1.807, 2.05) is 24.3 Å². The summed E-state index contributed by atoms with van der Waals surface area (Å²) in [6.07, 6.45) is 5.89. The summed E-state index contributed by atoms with van der Waals surface area (Å²) in [7, 11) is -3.31. The van der Waals surface area contributed by atoms with Crippen LogP contribution < -0.4 is 10.0 Å². The first-order chi connectivity index (χ1) is 14.0. The Morgan fingerprint density at radius 3 is 2.31 bits per heavy atom. The summed E-state index contributed by atoms with van der Waals surface area (Å²) in [5.41, 5.74) is 3.78. The molecule has 0 bridgehead atoms. The van der Waals surface area contributed by atoms with Crippen LogP contribution in [0.25, 0.3) is 16.9 Å². The second-order valence-corrected chi connectivity index (χ2v) is 7.98. The molecule has 2 N–H and O–H groups in total. The third-order valence-corrected chi connectivity index (χ3v) is 4.55. The molecule has 4 aromatic rings. The van der Waals surface area contributed by atoms with Crippen LogP contribution in [0.2, 0.25) is 0 Å². The van der Waals surface area contributed by atoms with Crippen LogP contribution in [0.15, 0.2) is 73.4 Å². The zero-order valence-electron chi connectivity index (χ0n) is 15.4. The summed E-state index contributed by atoms with van der Waals surface area (Å²) in [5, 5.41) is 7.26. The highest BCUT2D eigenvalue weighted by Crippen LogP contribution is 2.22. The van der Waals surface area contributed by atoms with Crippen LogP contribution >= 0.6 is 0 Å². The molecule has 2 heterocycles. The van der Waals surface area contributed by atoms with Gasteiger partial charge in [0.05, 0.1) is 17.6 Å². The van der Waals surface area contributed by atoms with Gasteiger partial charge in [-0.1, -0.05) is 12.1 Å². The summed E-state index contributed by atoms with van der Waals surface area (Å²) in [4.78, 5) is 12.7. The molecule has 0 radical (unpaired) electrons. The molecular formula is C19H17N7O2S. The van der Waals surface area contributed by atoms with Crippen LogP contribution in [0.1, 0.15) is 0 Å². The molecule has 0 saturated heterocycles. The number of aromatic nitrogens is 5. The molecule has 0 spiro atoms. The predicted molar refractivity (Wildman–Crippen MR) is 111 cm³/mol. The lowest BCUT2D eigenvalue weighted by atomic mass is 10.1. The molecule has 146 valence electrons. The van der Waals surface area contributed by atoms with Crippen molar-refractivity contribution in [2.75, 3.05) is 16.3 Å². The van der Waals surface area contributed by atoms with E-state index in [4.69, 9.17) is 0 Å². The van der Waals surface area contributed by atoms with Gasteiger partial charge in [0, 0.05) is 23.1 Å². The van der Waals surface area contributed by atoms with Crippen LogP contribution in [-0.2, 0) is 10.0 Å². The van der Waals surface area contributed by atoms with Gasteiger partial charge >= 0.3 is 0 Å². The minimum Gasteiger partial charge on any atom is -0.324 e. The maximum atomic E-state index is 11.3. The molecule has 4 rings (SSSR count). The highest BCUT2D eigenvalue weighted by molar-refractivity contribution is 7.92. The van der Waals surface area contributed by atoms with Crippen molar-refractivity contribution >= 4 is 27.3 Å². The number of benzene rings is 2. The van der Waals surface area contributed by atoms with Gasteiger partial charge in [0.25, 0.3) is 0 Å². The average molecular weight is 407 g/mol. The van der Waals surface area contributed by atoms with Gasteiger partial charge in [-0.05, 0) is 42.5 Å². The van der Waals surface area contributed by atoms with Gasteiger partial charge in [0.2, 0.25) is 16.0 Å². The van der Waals surface area contributed by atoms with Crippen molar-refractivity contribution < 1.29 is 8.42 Å². The largest absolute Gasteiger partial charge is 0.324 e. The Kier molecular flexibility index (Phi) is 4.92. The molecule has 10 heteroatoms. The SMILES string of the molecule is CS(=O)(=O)Nc1ccc(-c2ccnc(Nc3ccc(-n4cncn4)cc3)n2)cc1. The third kappa shape index (κ3) is 4.74. The van der Waals surface area contributed by atoms with Crippen LogP contribution in [0.5, 0.6) is 0 Å².